The largest absolute Gasteiger partial charge is 1.00 e. The van der Waals surface area contributed by atoms with Gasteiger partial charge in [0.2, 0.25) is 0 Å². The Labute approximate surface area is 122 Å². The quantitative estimate of drug-likeness (QED) is 0.493. The fourth-order valence-electron chi connectivity index (χ4n) is 2.05. The van der Waals surface area contributed by atoms with Gasteiger partial charge in [-0.1, -0.05) is 48.5 Å². The minimum Gasteiger partial charge on any atom is -1.00 e. The van der Waals surface area contributed by atoms with E-state index in [1.807, 2.05) is 0 Å². The van der Waals surface area contributed by atoms with Gasteiger partial charge in [-0.2, -0.15) is 0 Å². The molecule has 3 heteroatoms. The molecule has 0 spiro atoms. The van der Waals surface area contributed by atoms with E-state index in [1.54, 1.807) is 48.5 Å². The third-order valence-corrected chi connectivity index (χ3v) is 2.83. The van der Waals surface area contributed by atoms with E-state index >= 15 is 0 Å². The summed E-state index contributed by atoms with van der Waals surface area (Å²) in [6.45, 7) is 0. The molecule has 3 rings (SSSR count). The van der Waals surface area contributed by atoms with Crippen molar-refractivity contribution >= 4 is 11.6 Å². The van der Waals surface area contributed by atoms with Crippen molar-refractivity contribution < 1.29 is 40.6 Å². The molecule has 0 aromatic heterocycles. The zero-order chi connectivity index (χ0) is 11.1. The zero-order valence-corrected chi connectivity index (χ0v) is 11.4. The first-order valence-electron chi connectivity index (χ1n) is 5.06. The molecule has 0 saturated carbocycles. The average Bonchev–Trinajstić information content (AvgIpc) is 2.36. The van der Waals surface area contributed by atoms with Crippen LogP contribution in [0.15, 0.2) is 48.5 Å². The van der Waals surface area contributed by atoms with Gasteiger partial charge in [0.1, 0.15) is 0 Å². The molecule has 0 unspecified atom stereocenters. The second-order valence-corrected chi connectivity index (χ2v) is 3.75. The van der Waals surface area contributed by atoms with Crippen molar-refractivity contribution in [2.45, 2.75) is 0 Å². The Morgan fingerprint density at radius 2 is 0.824 bits per heavy atom. The van der Waals surface area contributed by atoms with Gasteiger partial charge in [-0.3, -0.25) is 9.59 Å². The average molecular weight is 232 g/mol. The Kier molecular flexibility index (Phi) is 3.29. The smallest absolute Gasteiger partial charge is 1.00 e. The van der Waals surface area contributed by atoms with Crippen LogP contribution >= 0.6 is 0 Å². The van der Waals surface area contributed by atoms with Crippen molar-refractivity contribution in [1.29, 1.82) is 0 Å². The Hall–Kier alpha value is -1.22. The van der Waals surface area contributed by atoms with Crippen LogP contribution in [0.2, 0.25) is 0 Å². The van der Waals surface area contributed by atoms with E-state index in [4.69, 9.17) is 0 Å². The summed E-state index contributed by atoms with van der Waals surface area (Å²) in [6.07, 6.45) is 0. The minimum absolute atomic E-state index is 0. The predicted molar refractivity (Wildman–Crippen MR) is 60.9 cm³/mol. The van der Waals surface area contributed by atoms with Gasteiger partial charge in [0.05, 0.1) is 0 Å². The van der Waals surface area contributed by atoms with Crippen LogP contribution in [0.4, 0.5) is 0 Å². The first kappa shape index (κ1) is 12.2. The van der Waals surface area contributed by atoms with Crippen LogP contribution in [0, 0.1) is 0 Å². The number of hydrogen-bond donors (Lipinski definition) is 0. The number of hydrogen-bond acceptors (Lipinski definition) is 2. The van der Waals surface area contributed by atoms with Gasteiger partial charge in [0.15, 0.2) is 11.6 Å². The van der Waals surface area contributed by atoms with E-state index in [-0.39, 0.29) is 42.6 Å². The number of fused-ring (bicyclic) bond motifs is 2. The first-order valence-corrected chi connectivity index (χ1v) is 5.06. The molecule has 0 radical (unpaired) electrons. The Morgan fingerprint density at radius 1 is 0.588 bits per heavy atom. The number of rotatable bonds is 0. The summed E-state index contributed by atoms with van der Waals surface area (Å²) in [7, 11) is 0. The number of carbonyl (C=O) groups excluding carboxylic acids is 2. The summed E-state index contributed by atoms with van der Waals surface area (Å²) in [5, 5.41) is 0. The molecule has 0 aliphatic heterocycles. The van der Waals surface area contributed by atoms with Crippen LogP contribution in [0.25, 0.3) is 0 Å². The molecule has 1 aliphatic carbocycles. The van der Waals surface area contributed by atoms with E-state index < -0.39 is 0 Å². The van der Waals surface area contributed by atoms with Gasteiger partial charge in [-0.25, -0.2) is 0 Å². The molecule has 78 valence electrons. The van der Waals surface area contributed by atoms with Gasteiger partial charge < -0.3 is 1.43 Å². The standard InChI is InChI=1S/C14H8O2.Na.H/c15-13-9-5-1-2-6-10(9)14(16)12-8-4-3-7-11(12)13;;/h1-8H;;/q;+1;-1. The molecular weight excluding hydrogens is 223 g/mol. The van der Waals surface area contributed by atoms with E-state index in [2.05, 4.69) is 0 Å². The van der Waals surface area contributed by atoms with Crippen LogP contribution < -0.4 is 29.6 Å². The maximum absolute atomic E-state index is 12.1. The fourth-order valence-corrected chi connectivity index (χ4v) is 2.05. The molecule has 2 aromatic carbocycles. The molecule has 0 bridgehead atoms. The van der Waals surface area contributed by atoms with Crippen molar-refractivity contribution in [1.82, 2.24) is 0 Å². The van der Waals surface area contributed by atoms with E-state index in [9.17, 15) is 9.59 Å². The summed E-state index contributed by atoms with van der Waals surface area (Å²) < 4.78 is 0. The molecule has 0 N–H and O–H groups in total. The Bertz CT molecular complexity index is 517. The summed E-state index contributed by atoms with van der Waals surface area (Å²) in [4.78, 5) is 24.2. The molecule has 0 saturated heterocycles. The molecule has 2 nitrogen and oxygen atoms in total. The molecule has 2 aromatic rings. The summed E-state index contributed by atoms with van der Waals surface area (Å²) in [5.41, 5.74) is 2.02. The summed E-state index contributed by atoms with van der Waals surface area (Å²) >= 11 is 0. The second-order valence-electron chi connectivity index (χ2n) is 3.75. The number of benzene rings is 2. The predicted octanol–water partition coefficient (Wildman–Crippen LogP) is -0.422. The van der Waals surface area contributed by atoms with Crippen LogP contribution in [0.3, 0.4) is 0 Å². The van der Waals surface area contributed by atoms with Gasteiger partial charge in [-0.15, -0.1) is 0 Å². The Morgan fingerprint density at radius 3 is 1.06 bits per heavy atom. The summed E-state index contributed by atoms with van der Waals surface area (Å²) in [5.74, 6) is -0.128. The third-order valence-electron chi connectivity index (χ3n) is 2.83. The third kappa shape index (κ3) is 1.78. The van der Waals surface area contributed by atoms with Gasteiger partial charge >= 0.3 is 29.6 Å². The number of ketones is 2. The van der Waals surface area contributed by atoms with Crippen molar-refractivity contribution in [3.05, 3.63) is 70.8 Å². The molecule has 1 aliphatic rings. The Balaban J connectivity index is 0.000000810. The van der Waals surface area contributed by atoms with Gasteiger partial charge in [0.25, 0.3) is 0 Å². The van der Waals surface area contributed by atoms with Crippen LogP contribution in [0.1, 0.15) is 33.3 Å². The SMILES string of the molecule is O=C1c2ccccc2C(=O)c2ccccc21.[H-].[Na+]. The molecule has 0 heterocycles. The van der Waals surface area contributed by atoms with E-state index in [0.717, 1.165) is 0 Å². The molecule has 0 amide bonds. The minimum atomic E-state index is -0.0641. The molecular formula is C14H9NaO2. The second kappa shape index (κ2) is 4.57. The topological polar surface area (TPSA) is 34.1 Å². The van der Waals surface area contributed by atoms with Crippen molar-refractivity contribution in [2.24, 2.45) is 0 Å². The molecule has 0 atom stereocenters. The molecule has 0 fully saturated rings. The maximum atomic E-state index is 12.1. The summed E-state index contributed by atoms with van der Waals surface area (Å²) in [6, 6.07) is 13.9. The monoisotopic (exact) mass is 232 g/mol. The normalized spacial score (nSPS) is 12.5. The van der Waals surface area contributed by atoms with Crippen LogP contribution in [-0.4, -0.2) is 11.6 Å². The van der Waals surface area contributed by atoms with Gasteiger partial charge in [0, 0.05) is 22.3 Å². The van der Waals surface area contributed by atoms with Crippen LogP contribution in [0.5, 0.6) is 0 Å². The van der Waals surface area contributed by atoms with Gasteiger partial charge in [-0.05, 0) is 0 Å². The zero-order valence-electron chi connectivity index (χ0n) is 10.4. The van der Waals surface area contributed by atoms with Crippen molar-refractivity contribution in [3.63, 3.8) is 0 Å². The van der Waals surface area contributed by atoms with Crippen LogP contribution in [-0.2, 0) is 0 Å². The van der Waals surface area contributed by atoms with E-state index in [0.29, 0.717) is 22.3 Å². The fraction of sp³-hybridized carbons (Fsp3) is 0. The maximum Gasteiger partial charge on any atom is 1.00 e. The van der Waals surface area contributed by atoms with Crippen molar-refractivity contribution in [2.75, 3.05) is 0 Å². The first-order chi connectivity index (χ1) is 7.79. The van der Waals surface area contributed by atoms with E-state index in [1.165, 1.54) is 0 Å². The number of carbonyl (C=O) groups is 2. The van der Waals surface area contributed by atoms with Crippen molar-refractivity contribution in [3.8, 4) is 0 Å². The molecule has 17 heavy (non-hydrogen) atoms.